The first-order chi connectivity index (χ1) is 8.38. The van der Waals surface area contributed by atoms with E-state index in [1.165, 1.54) is 16.5 Å². The van der Waals surface area contributed by atoms with Gasteiger partial charge in [0.15, 0.2) is 0 Å². The van der Waals surface area contributed by atoms with Gasteiger partial charge in [0.25, 0.3) is 0 Å². The van der Waals surface area contributed by atoms with Gasteiger partial charge in [0.2, 0.25) is 0 Å². The maximum atomic E-state index is 8.87. The molecule has 1 aromatic heterocycles. The first-order valence-electron chi connectivity index (χ1n) is 5.80. The molecule has 2 heterocycles. The predicted molar refractivity (Wildman–Crippen MR) is 68.5 cm³/mol. The van der Waals surface area contributed by atoms with Crippen molar-refractivity contribution < 1.29 is 0 Å². The van der Waals surface area contributed by atoms with Gasteiger partial charge in [-0.15, -0.1) is 0 Å². The van der Waals surface area contributed by atoms with Crippen molar-refractivity contribution in [1.82, 2.24) is 10.3 Å². The highest BCUT2D eigenvalue weighted by molar-refractivity contribution is 5.93. The summed E-state index contributed by atoms with van der Waals surface area (Å²) < 4.78 is 0. The van der Waals surface area contributed by atoms with Gasteiger partial charge in [0, 0.05) is 29.2 Å². The van der Waals surface area contributed by atoms with Crippen molar-refractivity contribution in [3.05, 3.63) is 41.6 Å². The van der Waals surface area contributed by atoms with Gasteiger partial charge in [-0.1, -0.05) is 12.1 Å². The summed E-state index contributed by atoms with van der Waals surface area (Å²) in [7, 11) is 0. The Labute approximate surface area is 99.8 Å². The number of rotatable bonds is 1. The van der Waals surface area contributed by atoms with Crippen molar-refractivity contribution in [3.63, 3.8) is 0 Å². The predicted octanol–water partition coefficient (Wildman–Crippen LogP) is 2.42. The summed E-state index contributed by atoms with van der Waals surface area (Å²) in [6, 6.07) is 7.97. The lowest BCUT2D eigenvalue weighted by Gasteiger charge is -2.13. The smallest absolute Gasteiger partial charge is 0.0992 e. The lowest BCUT2D eigenvalue weighted by molar-refractivity contribution is 0.739. The monoisotopic (exact) mass is 223 g/mol. The molecule has 2 N–H and O–H groups in total. The van der Waals surface area contributed by atoms with Crippen LogP contribution >= 0.6 is 0 Å². The van der Waals surface area contributed by atoms with Crippen LogP contribution in [0, 0.1) is 11.3 Å². The minimum Gasteiger partial charge on any atom is -0.361 e. The van der Waals surface area contributed by atoms with Gasteiger partial charge in [-0.3, -0.25) is 0 Å². The highest BCUT2D eigenvalue weighted by atomic mass is 14.8. The topological polar surface area (TPSA) is 51.6 Å². The van der Waals surface area contributed by atoms with Crippen LogP contribution in [0.5, 0.6) is 0 Å². The zero-order valence-corrected chi connectivity index (χ0v) is 9.46. The Bertz CT molecular complexity index is 628. The molecule has 0 atom stereocenters. The third-order valence-electron chi connectivity index (χ3n) is 3.22. The fourth-order valence-electron chi connectivity index (χ4n) is 2.33. The van der Waals surface area contributed by atoms with E-state index in [9.17, 15) is 0 Å². The van der Waals surface area contributed by atoms with Crippen LogP contribution in [0.2, 0.25) is 0 Å². The van der Waals surface area contributed by atoms with E-state index in [1.54, 1.807) is 0 Å². The van der Waals surface area contributed by atoms with Crippen LogP contribution in [-0.2, 0) is 0 Å². The molecule has 0 unspecified atom stereocenters. The standard InChI is InChI=1S/C14H13N3/c15-8-10-1-2-12-13(9-17-14(12)7-10)11-3-5-16-6-4-11/h1-3,7,9,16-17H,4-6H2. The average molecular weight is 223 g/mol. The minimum atomic E-state index is 0.699. The molecule has 2 aromatic rings. The Hall–Kier alpha value is -2.05. The Morgan fingerprint density at radius 2 is 2.24 bits per heavy atom. The molecule has 1 aliphatic rings. The number of nitrogens with zero attached hydrogens (tertiary/aromatic N) is 1. The van der Waals surface area contributed by atoms with Crippen LogP contribution in [0.4, 0.5) is 0 Å². The maximum absolute atomic E-state index is 8.87. The van der Waals surface area contributed by atoms with E-state index in [0.717, 1.165) is 25.0 Å². The summed E-state index contributed by atoms with van der Waals surface area (Å²) in [5.74, 6) is 0. The Balaban J connectivity index is 2.12. The van der Waals surface area contributed by atoms with E-state index in [4.69, 9.17) is 5.26 Å². The number of benzene rings is 1. The molecule has 1 aromatic carbocycles. The largest absolute Gasteiger partial charge is 0.361 e. The molecular formula is C14H13N3. The highest BCUT2D eigenvalue weighted by Crippen LogP contribution is 2.28. The summed E-state index contributed by atoms with van der Waals surface area (Å²) in [4.78, 5) is 3.25. The lowest BCUT2D eigenvalue weighted by atomic mass is 9.99. The molecule has 0 amide bonds. The van der Waals surface area contributed by atoms with Gasteiger partial charge in [0.1, 0.15) is 0 Å². The average Bonchev–Trinajstić information content (AvgIpc) is 2.82. The molecule has 0 aliphatic carbocycles. The lowest BCUT2D eigenvalue weighted by Crippen LogP contribution is -2.19. The summed E-state index contributed by atoms with van der Waals surface area (Å²) in [5.41, 5.74) is 4.40. The second-order valence-electron chi connectivity index (χ2n) is 4.26. The molecule has 0 radical (unpaired) electrons. The molecular weight excluding hydrogens is 210 g/mol. The van der Waals surface area contributed by atoms with Crippen molar-refractivity contribution in [2.24, 2.45) is 0 Å². The SMILES string of the molecule is N#Cc1ccc2c(C3=CCNCC3)c[nH]c2c1. The fraction of sp³-hybridized carbons (Fsp3) is 0.214. The second-order valence-corrected chi connectivity index (χ2v) is 4.26. The molecule has 17 heavy (non-hydrogen) atoms. The molecule has 0 saturated heterocycles. The Kier molecular flexibility index (Phi) is 2.43. The van der Waals surface area contributed by atoms with Crippen molar-refractivity contribution in [3.8, 4) is 6.07 Å². The van der Waals surface area contributed by atoms with Gasteiger partial charge < -0.3 is 10.3 Å². The number of aromatic amines is 1. The van der Waals surface area contributed by atoms with Crippen molar-refractivity contribution in [2.75, 3.05) is 13.1 Å². The van der Waals surface area contributed by atoms with E-state index in [0.29, 0.717) is 5.56 Å². The zero-order chi connectivity index (χ0) is 11.7. The maximum Gasteiger partial charge on any atom is 0.0992 e. The first-order valence-corrected chi connectivity index (χ1v) is 5.80. The van der Waals surface area contributed by atoms with Crippen LogP contribution in [-0.4, -0.2) is 18.1 Å². The number of H-pyrrole nitrogens is 1. The van der Waals surface area contributed by atoms with Crippen LogP contribution in [0.3, 0.4) is 0 Å². The number of nitrogens with one attached hydrogen (secondary N) is 2. The summed E-state index contributed by atoms with van der Waals surface area (Å²) in [6.07, 6.45) is 5.35. The molecule has 0 bridgehead atoms. The Morgan fingerprint density at radius 3 is 3.00 bits per heavy atom. The minimum absolute atomic E-state index is 0.699. The van der Waals surface area contributed by atoms with Gasteiger partial charge in [-0.25, -0.2) is 0 Å². The zero-order valence-electron chi connectivity index (χ0n) is 9.46. The van der Waals surface area contributed by atoms with Gasteiger partial charge in [-0.2, -0.15) is 5.26 Å². The van der Waals surface area contributed by atoms with Crippen LogP contribution in [0.15, 0.2) is 30.5 Å². The summed E-state index contributed by atoms with van der Waals surface area (Å²) in [6.45, 7) is 1.98. The highest BCUT2D eigenvalue weighted by Gasteiger charge is 2.10. The number of hydrogen-bond donors (Lipinski definition) is 2. The van der Waals surface area contributed by atoms with E-state index in [-0.39, 0.29) is 0 Å². The molecule has 3 heteroatoms. The molecule has 0 fully saturated rings. The molecule has 3 nitrogen and oxygen atoms in total. The molecule has 3 rings (SSSR count). The normalized spacial score (nSPS) is 15.6. The number of fused-ring (bicyclic) bond motifs is 1. The number of nitriles is 1. The number of aromatic nitrogens is 1. The fourth-order valence-corrected chi connectivity index (χ4v) is 2.33. The summed E-state index contributed by atoms with van der Waals surface area (Å²) in [5, 5.41) is 13.4. The van der Waals surface area contributed by atoms with Crippen LogP contribution < -0.4 is 5.32 Å². The van der Waals surface area contributed by atoms with Crippen LogP contribution in [0.25, 0.3) is 16.5 Å². The van der Waals surface area contributed by atoms with Crippen LogP contribution in [0.1, 0.15) is 17.5 Å². The third kappa shape index (κ3) is 1.73. The third-order valence-corrected chi connectivity index (χ3v) is 3.22. The first kappa shape index (κ1) is 10.1. The van der Waals surface area contributed by atoms with Gasteiger partial charge in [-0.05, 0) is 30.7 Å². The van der Waals surface area contributed by atoms with E-state index in [2.05, 4.69) is 22.4 Å². The molecule has 84 valence electrons. The summed E-state index contributed by atoms with van der Waals surface area (Å²) >= 11 is 0. The Morgan fingerprint density at radius 1 is 1.29 bits per heavy atom. The van der Waals surface area contributed by atoms with Crippen molar-refractivity contribution in [1.29, 1.82) is 5.26 Å². The molecule has 1 aliphatic heterocycles. The molecule has 0 saturated carbocycles. The van der Waals surface area contributed by atoms with E-state index < -0.39 is 0 Å². The quantitative estimate of drug-likeness (QED) is 0.780. The second kappa shape index (κ2) is 4.08. The number of hydrogen-bond acceptors (Lipinski definition) is 2. The van der Waals surface area contributed by atoms with E-state index >= 15 is 0 Å². The van der Waals surface area contributed by atoms with Crippen molar-refractivity contribution in [2.45, 2.75) is 6.42 Å². The molecule has 0 spiro atoms. The van der Waals surface area contributed by atoms with Gasteiger partial charge >= 0.3 is 0 Å². The van der Waals surface area contributed by atoms with Gasteiger partial charge in [0.05, 0.1) is 11.6 Å². The van der Waals surface area contributed by atoms with E-state index in [1.807, 2.05) is 24.4 Å². The van der Waals surface area contributed by atoms with Crippen molar-refractivity contribution >= 4 is 16.5 Å².